The Morgan fingerprint density at radius 2 is 1.56 bits per heavy atom. The molecule has 0 aliphatic carbocycles. The fourth-order valence-corrected chi connectivity index (χ4v) is 5.44. The number of ether oxygens (including phenoxy) is 1. The van der Waals surface area contributed by atoms with E-state index in [4.69, 9.17) is 4.74 Å². The first-order chi connectivity index (χ1) is 19.8. The minimum Gasteiger partial charge on any atom is -0.445 e. The summed E-state index contributed by atoms with van der Waals surface area (Å²) in [6.07, 6.45) is -3.23. The highest BCUT2D eigenvalue weighted by molar-refractivity contribution is 5.85. The molecule has 1 saturated heterocycles. The number of rotatable bonds is 7. The van der Waals surface area contributed by atoms with Crippen LogP contribution in [0.4, 0.5) is 18.0 Å². The van der Waals surface area contributed by atoms with Gasteiger partial charge in [0, 0.05) is 36.8 Å². The van der Waals surface area contributed by atoms with Gasteiger partial charge in [0.15, 0.2) is 0 Å². The molecule has 4 aromatic rings. The summed E-state index contributed by atoms with van der Waals surface area (Å²) in [5.41, 5.74) is 2.99. The summed E-state index contributed by atoms with van der Waals surface area (Å²) >= 11 is 0. The monoisotopic (exact) mass is 561 g/mol. The number of piperidine rings is 1. The van der Waals surface area contributed by atoms with Crippen molar-refractivity contribution in [3.8, 4) is 0 Å². The lowest BCUT2D eigenvalue weighted by Crippen LogP contribution is -2.55. The number of halogens is 3. The van der Waals surface area contributed by atoms with Crippen molar-refractivity contribution in [1.29, 1.82) is 0 Å². The molecule has 6 nitrogen and oxygen atoms in total. The predicted octanol–water partition coefficient (Wildman–Crippen LogP) is 6.54. The van der Waals surface area contributed by atoms with Crippen LogP contribution >= 0.6 is 0 Å². The molecule has 0 bridgehead atoms. The van der Waals surface area contributed by atoms with Gasteiger partial charge in [-0.3, -0.25) is 9.78 Å². The van der Waals surface area contributed by atoms with Gasteiger partial charge in [-0.1, -0.05) is 78.9 Å². The standard InChI is InChI=1S/C32H30F3N3O3/c33-32(34,35)30(39)38(21-25-15-17-36-29-14-8-7-13-28(25)29)26-16-18-37(27(20-26)19-23-9-3-1-4-10-23)31(40)41-22-24-11-5-2-6-12-24/h1-15,17,26-27H,16,18-22H2/t26-,27+/m0/s1. The molecule has 2 amide bonds. The van der Waals surface area contributed by atoms with Crippen LogP contribution in [0.25, 0.3) is 10.9 Å². The summed E-state index contributed by atoms with van der Waals surface area (Å²) in [6.45, 7) is 0.0303. The van der Waals surface area contributed by atoms with Crippen molar-refractivity contribution < 1.29 is 27.5 Å². The number of carbonyl (C=O) groups excluding carboxylic acids is 2. The molecule has 1 aliphatic rings. The van der Waals surface area contributed by atoms with Crippen molar-refractivity contribution in [2.45, 2.75) is 50.7 Å². The normalized spacial score (nSPS) is 17.3. The van der Waals surface area contributed by atoms with E-state index in [2.05, 4.69) is 4.98 Å². The zero-order chi connectivity index (χ0) is 28.8. The second kappa shape index (κ2) is 12.4. The molecule has 5 rings (SSSR count). The van der Waals surface area contributed by atoms with Crippen LogP contribution in [0.5, 0.6) is 0 Å². The molecule has 0 spiro atoms. The van der Waals surface area contributed by atoms with E-state index in [1.165, 1.54) is 6.20 Å². The van der Waals surface area contributed by atoms with E-state index in [1.807, 2.05) is 60.7 Å². The van der Waals surface area contributed by atoms with E-state index >= 15 is 0 Å². The largest absolute Gasteiger partial charge is 0.471 e. The van der Waals surface area contributed by atoms with E-state index in [9.17, 15) is 22.8 Å². The van der Waals surface area contributed by atoms with Gasteiger partial charge in [0.25, 0.3) is 0 Å². The molecular formula is C32H30F3N3O3. The Balaban J connectivity index is 1.41. The van der Waals surface area contributed by atoms with E-state index in [0.29, 0.717) is 22.9 Å². The zero-order valence-electron chi connectivity index (χ0n) is 22.3. The van der Waals surface area contributed by atoms with Gasteiger partial charge in [0.1, 0.15) is 6.61 Å². The SMILES string of the molecule is O=C(OCc1ccccc1)N1CC[C@H](N(Cc2ccnc3ccccc23)C(=O)C(F)(F)F)C[C@H]1Cc1ccccc1. The number of para-hydroxylation sites is 1. The van der Waals surface area contributed by atoms with Gasteiger partial charge in [-0.05, 0) is 48.1 Å². The summed E-state index contributed by atoms with van der Waals surface area (Å²) in [5.74, 6) is -1.89. The molecule has 41 heavy (non-hydrogen) atoms. The molecule has 2 atom stereocenters. The maximum Gasteiger partial charge on any atom is 0.471 e. The first-order valence-corrected chi connectivity index (χ1v) is 13.5. The number of aromatic nitrogens is 1. The van der Waals surface area contributed by atoms with Gasteiger partial charge in [-0.25, -0.2) is 4.79 Å². The molecule has 9 heteroatoms. The number of fused-ring (bicyclic) bond motifs is 1. The minimum atomic E-state index is -5.04. The third kappa shape index (κ3) is 6.85. The Bertz CT molecular complexity index is 1480. The molecule has 0 N–H and O–H groups in total. The number of benzene rings is 3. The first kappa shape index (κ1) is 28.1. The summed E-state index contributed by atoms with van der Waals surface area (Å²) in [4.78, 5) is 32.8. The second-order valence-corrected chi connectivity index (χ2v) is 10.2. The lowest BCUT2D eigenvalue weighted by molar-refractivity contribution is -0.189. The van der Waals surface area contributed by atoms with E-state index < -0.39 is 30.3 Å². The highest BCUT2D eigenvalue weighted by atomic mass is 19.4. The summed E-state index contributed by atoms with van der Waals surface area (Å²) in [6, 6.07) is 26.4. The smallest absolute Gasteiger partial charge is 0.445 e. The molecule has 1 aromatic heterocycles. The van der Waals surface area contributed by atoms with Crippen molar-refractivity contribution in [3.05, 3.63) is 114 Å². The third-order valence-corrected chi connectivity index (χ3v) is 7.47. The van der Waals surface area contributed by atoms with Crippen LogP contribution in [0.2, 0.25) is 0 Å². The number of hydrogen-bond acceptors (Lipinski definition) is 4. The number of amides is 2. The van der Waals surface area contributed by atoms with Crippen molar-refractivity contribution >= 4 is 22.9 Å². The van der Waals surface area contributed by atoms with E-state index in [-0.39, 0.29) is 32.5 Å². The van der Waals surface area contributed by atoms with Crippen molar-refractivity contribution in [1.82, 2.24) is 14.8 Å². The molecule has 0 radical (unpaired) electrons. The predicted molar refractivity (Wildman–Crippen MR) is 149 cm³/mol. The molecule has 1 fully saturated rings. The van der Waals surface area contributed by atoms with Crippen LogP contribution < -0.4 is 0 Å². The van der Waals surface area contributed by atoms with Crippen LogP contribution in [0.3, 0.4) is 0 Å². The molecule has 212 valence electrons. The molecular weight excluding hydrogens is 531 g/mol. The van der Waals surface area contributed by atoms with Gasteiger partial charge < -0.3 is 14.5 Å². The van der Waals surface area contributed by atoms with Crippen LogP contribution in [0.15, 0.2) is 97.2 Å². The molecule has 3 aromatic carbocycles. The Kier molecular flexibility index (Phi) is 8.52. The first-order valence-electron chi connectivity index (χ1n) is 13.5. The number of nitrogens with zero attached hydrogens (tertiary/aromatic N) is 3. The fraction of sp³-hybridized carbons (Fsp3) is 0.281. The number of pyridine rings is 1. The number of carbonyl (C=O) groups is 2. The number of likely N-dealkylation sites (tertiary alicyclic amines) is 1. The zero-order valence-corrected chi connectivity index (χ0v) is 22.3. The van der Waals surface area contributed by atoms with E-state index in [1.54, 1.807) is 35.2 Å². The van der Waals surface area contributed by atoms with Crippen LogP contribution in [-0.2, 0) is 29.1 Å². The van der Waals surface area contributed by atoms with Crippen LogP contribution in [0.1, 0.15) is 29.5 Å². The maximum atomic E-state index is 13.9. The van der Waals surface area contributed by atoms with Crippen molar-refractivity contribution in [2.24, 2.45) is 0 Å². The van der Waals surface area contributed by atoms with Crippen LogP contribution in [-0.4, -0.2) is 51.6 Å². The average Bonchev–Trinajstić information content (AvgIpc) is 2.99. The average molecular weight is 562 g/mol. The Morgan fingerprint density at radius 1 is 0.902 bits per heavy atom. The van der Waals surface area contributed by atoms with Gasteiger partial charge in [0.2, 0.25) is 0 Å². The molecule has 2 heterocycles. The van der Waals surface area contributed by atoms with Gasteiger partial charge in [0.05, 0.1) is 5.52 Å². The number of alkyl halides is 3. The lowest BCUT2D eigenvalue weighted by atomic mass is 9.91. The molecule has 1 aliphatic heterocycles. The quantitative estimate of drug-likeness (QED) is 0.257. The van der Waals surface area contributed by atoms with E-state index in [0.717, 1.165) is 16.0 Å². The van der Waals surface area contributed by atoms with Crippen LogP contribution in [0, 0.1) is 0 Å². The fourth-order valence-electron chi connectivity index (χ4n) is 5.44. The summed E-state index contributed by atoms with van der Waals surface area (Å²) in [7, 11) is 0. The lowest BCUT2D eigenvalue weighted by Gasteiger charge is -2.43. The summed E-state index contributed by atoms with van der Waals surface area (Å²) in [5, 5.41) is 0.692. The number of hydrogen-bond donors (Lipinski definition) is 0. The Labute approximate surface area is 236 Å². The third-order valence-electron chi connectivity index (χ3n) is 7.47. The maximum absolute atomic E-state index is 13.9. The van der Waals surface area contributed by atoms with Gasteiger partial charge >= 0.3 is 18.2 Å². The highest BCUT2D eigenvalue weighted by Gasteiger charge is 2.46. The minimum absolute atomic E-state index is 0.0888. The van der Waals surface area contributed by atoms with Gasteiger partial charge in [-0.2, -0.15) is 13.2 Å². The molecule has 0 saturated carbocycles. The Morgan fingerprint density at radius 3 is 2.27 bits per heavy atom. The topological polar surface area (TPSA) is 62.7 Å². The van der Waals surface area contributed by atoms with Crippen molar-refractivity contribution in [3.63, 3.8) is 0 Å². The Hall–Kier alpha value is -4.40. The second-order valence-electron chi connectivity index (χ2n) is 10.2. The van der Waals surface area contributed by atoms with Gasteiger partial charge in [-0.15, -0.1) is 0 Å². The molecule has 0 unspecified atom stereocenters. The van der Waals surface area contributed by atoms with Crippen molar-refractivity contribution in [2.75, 3.05) is 6.54 Å². The highest BCUT2D eigenvalue weighted by Crippen LogP contribution is 2.31. The summed E-state index contributed by atoms with van der Waals surface area (Å²) < 4.78 is 47.3.